The van der Waals surface area contributed by atoms with Crippen molar-refractivity contribution in [2.45, 2.75) is 6.92 Å². The third kappa shape index (κ3) is 1.62. The van der Waals surface area contributed by atoms with Gasteiger partial charge in [0.1, 0.15) is 0 Å². The van der Waals surface area contributed by atoms with Crippen molar-refractivity contribution in [3.8, 4) is 0 Å². The normalized spacial score (nSPS) is 21.0. The Balaban J connectivity index is 2.31. The zero-order chi connectivity index (χ0) is 15.3. The van der Waals surface area contributed by atoms with E-state index in [9.17, 15) is 14.8 Å². The molecule has 108 valence electrons. The molecule has 6 nitrogen and oxygen atoms in total. The maximum atomic E-state index is 12.6. The van der Waals surface area contributed by atoms with Gasteiger partial charge in [0.25, 0.3) is 0 Å². The van der Waals surface area contributed by atoms with Gasteiger partial charge < -0.3 is 9.47 Å². The number of rotatable bonds is 2. The molecule has 6 heteroatoms. The molecule has 1 aliphatic heterocycles. The molecule has 0 radical (unpaired) electrons. The number of ketones is 2. The van der Waals surface area contributed by atoms with Crippen LogP contribution >= 0.6 is 0 Å². The van der Waals surface area contributed by atoms with Crippen LogP contribution in [-0.4, -0.2) is 36.1 Å². The predicted octanol–water partition coefficient (Wildman–Crippen LogP) is 1.37. The van der Waals surface area contributed by atoms with Gasteiger partial charge in [0.05, 0.1) is 31.1 Å². The van der Waals surface area contributed by atoms with E-state index in [4.69, 9.17) is 9.47 Å². The van der Waals surface area contributed by atoms with Gasteiger partial charge >= 0.3 is 0 Å². The molecule has 0 fully saturated rings. The molecule has 1 heterocycles. The Morgan fingerprint density at radius 1 is 1.10 bits per heavy atom. The smallest absolute Gasteiger partial charge is 0.234 e. The van der Waals surface area contributed by atoms with Gasteiger partial charge in [0, 0.05) is 11.8 Å². The van der Waals surface area contributed by atoms with Crippen LogP contribution in [0.5, 0.6) is 0 Å². The minimum Gasteiger partial charge on any atom is -0.493 e. The van der Waals surface area contributed by atoms with Gasteiger partial charge in [0.15, 0.2) is 11.5 Å². The van der Waals surface area contributed by atoms with Crippen molar-refractivity contribution in [1.82, 2.24) is 5.06 Å². The van der Waals surface area contributed by atoms with Crippen molar-refractivity contribution in [3.63, 3.8) is 0 Å². The van der Waals surface area contributed by atoms with E-state index < -0.39 is 5.78 Å². The highest BCUT2D eigenvalue weighted by Crippen LogP contribution is 2.43. The largest absolute Gasteiger partial charge is 0.493 e. The van der Waals surface area contributed by atoms with Crippen LogP contribution in [0.15, 0.2) is 57.9 Å². The number of hydrogen-bond acceptors (Lipinski definition) is 6. The Bertz CT molecular complexity index is 733. The fourth-order valence-electron chi connectivity index (χ4n) is 2.68. The van der Waals surface area contributed by atoms with Gasteiger partial charge in [-0.25, -0.2) is 5.06 Å². The number of methoxy groups -OCH3 is 2. The number of carbonyl (C=O) groups excluding carboxylic acids is 2. The molecule has 1 N–H and O–H groups in total. The van der Waals surface area contributed by atoms with E-state index in [1.165, 1.54) is 26.5 Å². The lowest BCUT2D eigenvalue weighted by molar-refractivity contribution is -0.116. The average molecular weight is 287 g/mol. The van der Waals surface area contributed by atoms with Gasteiger partial charge in [-0.3, -0.25) is 14.8 Å². The fourth-order valence-corrected chi connectivity index (χ4v) is 2.68. The third-order valence-corrected chi connectivity index (χ3v) is 3.66. The van der Waals surface area contributed by atoms with Crippen LogP contribution in [0, 0.1) is 0 Å². The van der Waals surface area contributed by atoms with E-state index in [-0.39, 0.29) is 34.1 Å². The van der Waals surface area contributed by atoms with Crippen LogP contribution in [0.25, 0.3) is 0 Å². The fraction of sp³-hybridized carbons (Fsp3) is 0.200. The van der Waals surface area contributed by atoms with Crippen molar-refractivity contribution in [2.75, 3.05) is 14.2 Å². The molecular weight excluding hydrogens is 274 g/mol. The van der Waals surface area contributed by atoms with Crippen LogP contribution < -0.4 is 0 Å². The third-order valence-electron chi connectivity index (χ3n) is 3.66. The van der Waals surface area contributed by atoms with Crippen LogP contribution in [-0.2, 0) is 19.1 Å². The SMILES string of the molecule is COC1=C(OC)C(=O)C2=C3C(=C(C)C=CN3O)C(=O)C2=C1. The first-order valence-corrected chi connectivity index (χ1v) is 6.26. The van der Waals surface area contributed by atoms with E-state index >= 15 is 0 Å². The average Bonchev–Trinajstić information content (AvgIpc) is 2.77. The molecule has 0 saturated carbocycles. The van der Waals surface area contributed by atoms with Gasteiger partial charge in [-0.2, -0.15) is 0 Å². The summed E-state index contributed by atoms with van der Waals surface area (Å²) < 4.78 is 10.2. The molecule has 0 aromatic carbocycles. The number of allylic oxidation sites excluding steroid dienone is 6. The Labute approximate surface area is 120 Å². The number of nitrogens with zero attached hydrogens (tertiary/aromatic N) is 1. The summed E-state index contributed by atoms with van der Waals surface area (Å²) in [4.78, 5) is 25.1. The summed E-state index contributed by atoms with van der Waals surface area (Å²) in [5.74, 6) is -0.575. The van der Waals surface area contributed by atoms with E-state index in [1.54, 1.807) is 13.0 Å². The summed E-state index contributed by atoms with van der Waals surface area (Å²) >= 11 is 0. The van der Waals surface area contributed by atoms with Gasteiger partial charge in [-0.1, -0.05) is 0 Å². The second-order valence-electron chi connectivity index (χ2n) is 4.76. The molecule has 0 aromatic rings. The first kappa shape index (κ1) is 13.4. The molecule has 0 saturated heterocycles. The Hall–Kier alpha value is -2.60. The van der Waals surface area contributed by atoms with Crippen molar-refractivity contribution >= 4 is 11.6 Å². The number of ether oxygens (including phenoxy) is 2. The topological polar surface area (TPSA) is 76.1 Å². The van der Waals surface area contributed by atoms with E-state index in [2.05, 4.69) is 0 Å². The molecule has 0 unspecified atom stereocenters. The van der Waals surface area contributed by atoms with Crippen LogP contribution in [0.4, 0.5) is 0 Å². The molecule has 0 atom stereocenters. The minimum atomic E-state index is -0.479. The van der Waals surface area contributed by atoms with E-state index in [0.29, 0.717) is 11.1 Å². The second-order valence-corrected chi connectivity index (χ2v) is 4.76. The maximum Gasteiger partial charge on any atom is 0.234 e. The molecule has 21 heavy (non-hydrogen) atoms. The Morgan fingerprint density at radius 2 is 1.81 bits per heavy atom. The van der Waals surface area contributed by atoms with Crippen LogP contribution in [0.3, 0.4) is 0 Å². The Kier molecular flexibility index (Phi) is 2.84. The van der Waals surface area contributed by atoms with Crippen LogP contribution in [0.2, 0.25) is 0 Å². The summed E-state index contributed by atoms with van der Waals surface area (Å²) in [7, 11) is 2.75. The number of carbonyl (C=O) groups is 2. The lowest BCUT2D eigenvalue weighted by Gasteiger charge is -2.21. The first-order valence-electron chi connectivity index (χ1n) is 6.26. The summed E-state index contributed by atoms with van der Waals surface area (Å²) in [6, 6.07) is 0. The Morgan fingerprint density at radius 3 is 2.43 bits per heavy atom. The summed E-state index contributed by atoms with van der Waals surface area (Å²) in [6.45, 7) is 1.75. The van der Waals surface area contributed by atoms with E-state index in [0.717, 1.165) is 5.06 Å². The second kappa shape index (κ2) is 4.46. The summed E-state index contributed by atoms with van der Waals surface area (Å²) in [5.41, 5.74) is 1.56. The highest BCUT2D eigenvalue weighted by atomic mass is 16.5. The molecule has 0 bridgehead atoms. The molecule has 0 amide bonds. The van der Waals surface area contributed by atoms with Crippen molar-refractivity contribution < 1.29 is 24.3 Å². The standard InChI is InChI=1S/C15H13NO5/c1-7-4-5-16(19)12-10(7)13(17)8-6-9(20-2)15(21-3)14(18)11(8)12/h4-6,19H,1-3H3. The monoisotopic (exact) mass is 287 g/mol. The van der Waals surface area contributed by atoms with Gasteiger partial charge in [-0.15, -0.1) is 0 Å². The van der Waals surface area contributed by atoms with Crippen molar-refractivity contribution in [1.29, 1.82) is 0 Å². The zero-order valence-electron chi connectivity index (χ0n) is 11.8. The number of fused-ring (bicyclic) bond motifs is 2. The lowest BCUT2D eigenvalue weighted by Crippen LogP contribution is -2.21. The van der Waals surface area contributed by atoms with Crippen LogP contribution in [0.1, 0.15) is 6.92 Å². The highest BCUT2D eigenvalue weighted by molar-refractivity contribution is 6.30. The molecule has 3 rings (SSSR count). The minimum absolute atomic E-state index is 0.0124. The molecule has 0 aromatic heterocycles. The van der Waals surface area contributed by atoms with Gasteiger partial charge in [-0.05, 0) is 24.6 Å². The molecule has 0 spiro atoms. The highest BCUT2D eigenvalue weighted by Gasteiger charge is 2.44. The first-order chi connectivity index (χ1) is 10.0. The maximum absolute atomic E-state index is 12.6. The number of hydrogen-bond donors (Lipinski definition) is 1. The number of hydroxylamine groups is 2. The van der Waals surface area contributed by atoms with Crippen molar-refractivity contribution in [3.05, 3.63) is 57.9 Å². The molecular formula is C15H13NO5. The lowest BCUT2D eigenvalue weighted by atomic mass is 9.96. The summed E-state index contributed by atoms with van der Waals surface area (Å²) in [5, 5.41) is 10.8. The quantitative estimate of drug-likeness (QED) is 0.826. The van der Waals surface area contributed by atoms with Crippen molar-refractivity contribution in [2.24, 2.45) is 0 Å². The van der Waals surface area contributed by atoms with Gasteiger partial charge in [0.2, 0.25) is 11.5 Å². The van der Waals surface area contributed by atoms with E-state index in [1.807, 2.05) is 0 Å². The molecule has 3 aliphatic rings. The molecule has 2 aliphatic carbocycles. The number of Topliss-reactive ketones (excluding diaryl/α,β-unsaturated/α-hetero) is 2. The summed E-state index contributed by atoms with van der Waals surface area (Å²) in [6.07, 6.45) is 4.48. The zero-order valence-corrected chi connectivity index (χ0v) is 11.8. The predicted molar refractivity (Wildman–Crippen MR) is 71.6 cm³/mol.